The van der Waals surface area contributed by atoms with Gasteiger partial charge in [0.1, 0.15) is 5.56 Å². The summed E-state index contributed by atoms with van der Waals surface area (Å²) in [5, 5.41) is 0.956. The van der Waals surface area contributed by atoms with Gasteiger partial charge in [0.2, 0.25) is 5.43 Å². The first-order chi connectivity index (χ1) is 10.1. The Hall–Kier alpha value is -1.75. The number of rotatable bonds is 1. The molecule has 0 unspecified atom stereocenters. The number of para-hydroxylation sites is 1. The van der Waals surface area contributed by atoms with Gasteiger partial charge in [-0.3, -0.25) is 9.59 Å². The topological polar surface area (TPSA) is 53.2 Å². The molecule has 110 valence electrons. The molecule has 21 heavy (non-hydrogen) atoms. The third kappa shape index (κ3) is 2.46. The molecule has 1 saturated heterocycles. The quantitative estimate of drug-likeness (QED) is 0.880. The van der Waals surface area contributed by atoms with E-state index in [0.717, 1.165) is 11.3 Å². The lowest BCUT2D eigenvalue weighted by atomic mass is 10.1. The number of H-pyrrole nitrogens is 1. The monoisotopic (exact) mass is 302 g/mol. The molecular weight excluding hydrogens is 284 g/mol. The van der Waals surface area contributed by atoms with E-state index in [4.69, 9.17) is 0 Å². The lowest BCUT2D eigenvalue weighted by molar-refractivity contribution is 0.0696. The van der Waals surface area contributed by atoms with Gasteiger partial charge in [0.05, 0.1) is 0 Å². The van der Waals surface area contributed by atoms with Crippen molar-refractivity contribution in [3.63, 3.8) is 0 Å². The number of thioether (sulfide) groups is 1. The van der Waals surface area contributed by atoms with E-state index in [1.54, 1.807) is 12.3 Å². The Morgan fingerprint density at radius 3 is 2.90 bits per heavy atom. The molecule has 5 heteroatoms. The maximum absolute atomic E-state index is 12.7. The summed E-state index contributed by atoms with van der Waals surface area (Å²) in [6.07, 6.45) is 1.55. The van der Waals surface area contributed by atoms with Crippen LogP contribution in [0.5, 0.6) is 0 Å². The predicted molar refractivity (Wildman–Crippen MR) is 87.0 cm³/mol. The minimum absolute atomic E-state index is 0.141. The van der Waals surface area contributed by atoms with Crippen LogP contribution in [0.4, 0.5) is 0 Å². The summed E-state index contributed by atoms with van der Waals surface area (Å²) in [4.78, 5) is 30.1. The number of benzene rings is 1. The Morgan fingerprint density at radius 1 is 1.33 bits per heavy atom. The molecule has 1 fully saturated rings. The standard InChI is InChI=1S/C16H18N2O2S/c1-10-11(2)21-8-7-18(10)16(20)13-9-17-14-6-4-3-5-12(14)15(13)19/h3-6,9-11H,7-8H2,1-2H3,(H,17,19)/t10-,11+/m1/s1. The number of nitrogens with zero attached hydrogens (tertiary/aromatic N) is 1. The average molecular weight is 302 g/mol. The summed E-state index contributed by atoms with van der Waals surface area (Å²) < 4.78 is 0. The molecule has 1 aliphatic rings. The minimum Gasteiger partial charge on any atom is -0.360 e. The normalized spacial score (nSPS) is 22.5. The van der Waals surface area contributed by atoms with Crippen LogP contribution in [0, 0.1) is 0 Å². The number of amides is 1. The largest absolute Gasteiger partial charge is 0.360 e. The summed E-state index contributed by atoms with van der Waals surface area (Å²) in [7, 11) is 0. The highest BCUT2D eigenvalue weighted by molar-refractivity contribution is 8.00. The number of hydrogen-bond acceptors (Lipinski definition) is 3. The third-order valence-corrected chi connectivity index (χ3v) is 5.50. The van der Waals surface area contributed by atoms with Crippen LogP contribution in [0.25, 0.3) is 10.9 Å². The first-order valence-corrected chi connectivity index (χ1v) is 8.17. The molecule has 0 saturated carbocycles. The van der Waals surface area contributed by atoms with E-state index in [2.05, 4.69) is 11.9 Å². The predicted octanol–water partition coefficient (Wildman–Crippen LogP) is 2.49. The lowest BCUT2D eigenvalue weighted by Crippen LogP contribution is -2.49. The van der Waals surface area contributed by atoms with E-state index in [9.17, 15) is 9.59 Å². The molecule has 1 amide bonds. The van der Waals surface area contributed by atoms with E-state index in [0.29, 0.717) is 17.2 Å². The first-order valence-electron chi connectivity index (χ1n) is 7.12. The molecule has 2 aromatic rings. The van der Waals surface area contributed by atoms with Crippen molar-refractivity contribution in [2.75, 3.05) is 12.3 Å². The lowest BCUT2D eigenvalue weighted by Gasteiger charge is -2.37. The zero-order valence-electron chi connectivity index (χ0n) is 12.1. The van der Waals surface area contributed by atoms with Gasteiger partial charge in [0, 0.05) is 40.7 Å². The zero-order chi connectivity index (χ0) is 15.0. The molecule has 1 aromatic carbocycles. The average Bonchev–Trinajstić information content (AvgIpc) is 2.50. The molecule has 0 bridgehead atoms. The highest BCUT2D eigenvalue weighted by Crippen LogP contribution is 2.25. The molecular formula is C16H18N2O2S. The third-order valence-electron chi connectivity index (χ3n) is 4.16. The second-order valence-corrected chi connectivity index (χ2v) is 6.88. The molecule has 1 aliphatic heterocycles. The van der Waals surface area contributed by atoms with Gasteiger partial charge >= 0.3 is 0 Å². The number of nitrogens with one attached hydrogen (secondary N) is 1. The Kier molecular flexibility index (Phi) is 3.76. The fraction of sp³-hybridized carbons (Fsp3) is 0.375. The second-order valence-electron chi connectivity index (χ2n) is 5.39. The van der Waals surface area contributed by atoms with Crippen LogP contribution < -0.4 is 5.43 Å². The molecule has 0 aliphatic carbocycles. The van der Waals surface area contributed by atoms with Crippen molar-refractivity contribution in [3.05, 3.63) is 46.2 Å². The van der Waals surface area contributed by atoms with Gasteiger partial charge < -0.3 is 9.88 Å². The second kappa shape index (κ2) is 5.56. The van der Waals surface area contributed by atoms with Gasteiger partial charge in [-0.15, -0.1) is 0 Å². The van der Waals surface area contributed by atoms with E-state index in [-0.39, 0.29) is 22.9 Å². The van der Waals surface area contributed by atoms with Crippen molar-refractivity contribution in [3.8, 4) is 0 Å². The van der Waals surface area contributed by atoms with Crippen LogP contribution >= 0.6 is 11.8 Å². The molecule has 0 radical (unpaired) electrons. The summed E-state index contributed by atoms with van der Waals surface area (Å²) in [5.74, 6) is 0.754. The van der Waals surface area contributed by atoms with E-state index < -0.39 is 0 Å². The number of aromatic amines is 1. The number of hydrogen-bond donors (Lipinski definition) is 1. The summed E-state index contributed by atoms with van der Waals surface area (Å²) in [6.45, 7) is 4.87. The van der Waals surface area contributed by atoms with Crippen LogP contribution in [0.3, 0.4) is 0 Å². The van der Waals surface area contributed by atoms with E-state index in [1.165, 1.54) is 0 Å². The molecule has 3 rings (SSSR count). The van der Waals surface area contributed by atoms with Gasteiger partial charge in [0.25, 0.3) is 5.91 Å². The molecule has 1 aromatic heterocycles. The zero-order valence-corrected chi connectivity index (χ0v) is 12.9. The number of aromatic nitrogens is 1. The van der Waals surface area contributed by atoms with Gasteiger partial charge in [-0.2, -0.15) is 11.8 Å². The Balaban J connectivity index is 2.02. The SMILES string of the molecule is C[C@@H]1SCCN(C(=O)c2c[nH]c3ccccc3c2=O)[C@@H]1C. The van der Waals surface area contributed by atoms with Crippen molar-refractivity contribution in [1.82, 2.24) is 9.88 Å². The Bertz CT molecular complexity index is 740. The summed E-state index contributed by atoms with van der Waals surface area (Å²) in [6, 6.07) is 7.41. The van der Waals surface area contributed by atoms with Gasteiger partial charge in [0.15, 0.2) is 0 Å². The summed E-state index contributed by atoms with van der Waals surface area (Å²) in [5.41, 5.74) is 0.807. The fourth-order valence-electron chi connectivity index (χ4n) is 2.70. The van der Waals surface area contributed by atoms with Crippen LogP contribution in [0.2, 0.25) is 0 Å². The highest BCUT2D eigenvalue weighted by atomic mass is 32.2. The van der Waals surface area contributed by atoms with Crippen LogP contribution in [0.15, 0.2) is 35.3 Å². The molecule has 2 heterocycles. The van der Waals surface area contributed by atoms with Crippen LogP contribution in [-0.4, -0.2) is 39.4 Å². The Labute approximate surface area is 127 Å². The van der Waals surface area contributed by atoms with Crippen molar-refractivity contribution >= 4 is 28.6 Å². The maximum atomic E-state index is 12.7. The van der Waals surface area contributed by atoms with E-state index >= 15 is 0 Å². The van der Waals surface area contributed by atoms with Gasteiger partial charge in [-0.05, 0) is 19.1 Å². The smallest absolute Gasteiger partial charge is 0.259 e. The van der Waals surface area contributed by atoms with E-state index in [1.807, 2.05) is 41.8 Å². The number of carbonyl (C=O) groups is 1. The number of pyridine rings is 1. The minimum atomic E-state index is -0.188. The van der Waals surface area contributed by atoms with Crippen molar-refractivity contribution in [2.24, 2.45) is 0 Å². The molecule has 4 nitrogen and oxygen atoms in total. The molecule has 2 atom stereocenters. The summed E-state index contributed by atoms with van der Waals surface area (Å²) >= 11 is 1.87. The van der Waals surface area contributed by atoms with Crippen molar-refractivity contribution in [1.29, 1.82) is 0 Å². The number of carbonyl (C=O) groups excluding carboxylic acids is 1. The Morgan fingerprint density at radius 2 is 2.10 bits per heavy atom. The number of fused-ring (bicyclic) bond motifs is 1. The van der Waals surface area contributed by atoms with Crippen LogP contribution in [-0.2, 0) is 0 Å². The molecule has 0 spiro atoms. The van der Waals surface area contributed by atoms with Crippen molar-refractivity contribution in [2.45, 2.75) is 25.1 Å². The van der Waals surface area contributed by atoms with Crippen LogP contribution in [0.1, 0.15) is 24.2 Å². The highest BCUT2D eigenvalue weighted by Gasteiger charge is 2.30. The fourth-order valence-corrected chi connectivity index (χ4v) is 3.80. The van der Waals surface area contributed by atoms with Gasteiger partial charge in [-0.1, -0.05) is 19.1 Å². The maximum Gasteiger partial charge on any atom is 0.259 e. The van der Waals surface area contributed by atoms with Gasteiger partial charge in [-0.25, -0.2) is 0 Å². The molecule has 1 N–H and O–H groups in total. The van der Waals surface area contributed by atoms with Crippen molar-refractivity contribution < 1.29 is 4.79 Å². The first kappa shape index (κ1) is 14.2.